The van der Waals surface area contributed by atoms with Crippen molar-refractivity contribution in [2.45, 2.75) is 25.9 Å². The largest absolute Gasteiger partial charge is 0.378 e. The average molecular weight is 280 g/mol. The van der Waals surface area contributed by atoms with Crippen LogP contribution in [0.3, 0.4) is 0 Å². The van der Waals surface area contributed by atoms with Crippen LogP contribution in [0.2, 0.25) is 0 Å². The van der Waals surface area contributed by atoms with E-state index in [-0.39, 0.29) is 17.8 Å². The highest BCUT2D eigenvalue weighted by molar-refractivity contribution is 5.98. The highest BCUT2D eigenvalue weighted by Crippen LogP contribution is 2.23. The summed E-state index contributed by atoms with van der Waals surface area (Å²) in [5.41, 5.74) is 3.32. The summed E-state index contributed by atoms with van der Waals surface area (Å²) in [4.78, 5) is 12.4. The van der Waals surface area contributed by atoms with Gasteiger partial charge in [-0.15, -0.1) is 0 Å². The monoisotopic (exact) mass is 280 g/mol. The molecule has 0 bridgehead atoms. The molecule has 0 saturated carbocycles. The molecular weight excluding hydrogens is 260 g/mol. The van der Waals surface area contributed by atoms with Gasteiger partial charge >= 0.3 is 0 Å². The Bertz CT molecular complexity index is 601. The van der Waals surface area contributed by atoms with Crippen molar-refractivity contribution >= 4 is 5.78 Å². The first kappa shape index (κ1) is 14.0. The van der Waals surface area contributed by atoms with Crippen molar-refractivity contribution in [2.75, 3.05) is 6.61 Å². The molecule has 2 aromatic rings. The van der Waals surface area contributed by atoms with Crippen LogP contribution in [0.1, 0.15) is 34.8 Å². The van der Waals surface area contributed by atoms with Crippen LogP contribution in [0.4, 0.5) is 0 Å². The second-order valence-corrected chi connectivity index (χ2v) is 5.80. The van der Waals surface area contributed by atoms with E-state index in [4.69, 9.17) is 4.74 Å². The fourth-order valence-electron chi connectivity index (χ4n) is 2.85. The zero-order valence-corrected chi connectivity index (χ0v) is 12.3. The lowest BCUT2D eigenvalue weighted by Gasteiger charge is -2.08. The van der Waals surface area contributed by atoms with E-state index in [0.717, 1.165) is 18.4 Å². The van der Waals surface area contributed by atoms with E-state index in [9.17, 15) is 4.79 Å². The Balaban J connectivity index is 1.68. The normalized spacial score (nSPS) is 21.4. The molecule has 1 heterocycles. The molecule has 1 fully saturated rings. The number of carbonyl (C=O) groups excluding carboxylic acids is 1. The van der Waals surface area contributed by atoms with Crippen molar-refractivity contribution in [3.8, 4) is 0 Å². The van der Waals surface area contributed by atoms with Crippen LogP contribution in [0, 0.1) is 5.92 Å². The molecule has 0 radical (unpaired) electrons. The number of benzene rings is 2. The fraction of sp³-hybridized carbons (Fsp3) is 0.316. The van der Waals surface area contributed by atoms with Gasteiger partial charge in [-0.3, -0.25) is 4.79 Å². The van der Waals surface area contributed by atoms with Crippen molar-refractivity contribution in [3.63, 3.8) is 0 Å². The van der Waals surface area contributed by atoms with Gasteiger partial charge in [-0.2, -0.15) is 0 Å². The Morgan fingerprint density at radius 3 is 2.33 bits per heavy atom. The first-order chi connectivity index (χ1) is 10.2. The van der Waals surface area contributed by atoms with E-state index >= 15 is 0 Å². The summed E-state index contributed by atoms with van der Waals surface area (Å²) in [5, 5.41) is 0. The molecule has 0 aromatic heterocycles. The van der Waals surface area contributed by atoms with E-state index in [2.05, 4.69) is 36.4 Å². The maximum atomic E-state index is 12.4. The lowest BCUT2D eigenvalue weighted by atomic mass is 9.94. The molecule has 0 N–H and O–H groups in total. The van der Waals surface area contributed by atoms with Gasteiger partial charge in [-0.1, -0.05) is 54.6 Å². The van der Waals surface area contributed by atoms with E-state index in [1.807, 2.05) is 25.1 Å². The number of rotatable bonds is 4. The van der Waals surface area contributed by atoms with Gasteiger partial charge in [0.15, 0.2) is 5.78 Å². The minimum Gasteiger partial charge on any atom is -0.378 e. The third kappa shape index (κ3) is 3.40. The van der Waals surface area contributed by atoms with Crippen LogP contribution < -0.4 is 0 Å². The lowest BCUT2D eigenvalue weighted by molar-refractivity contribution is 0.0877. The minimum atomic E-state index is 0.0278. The van der Waals surface area contributed by atoms with Gasteiger partial charge in [0.2, 0.25) is 0 Å². The summed E-state index contributed by atoms with van der Waals surface area (Å²) in [6.45, 7) is 2.59. The summed E-state index contributed by atoms with van der Waals surface area (Å²) in [7, 11) is 0. The van der Waals surface area contributed by atoms with Crippen LogP contribution in [0.25, 0.3) is 0 Å². The van der Waals surface area contributed by atoms with Crippen LogP contribution in [-0.2, 0) is 11.2 Å². The summed E-state index contributed by atoms with van der Waals surface area (Å²) in [5.74, 6) is 0.241. The predicted molar refractivity (Wildman–Crippen MR) is 83.5 cm³/mol. The van der Waals surface area contributed by atoms with Crippen molar-refractivity contribution in [3.05, 3.63) is 71.3 Å². The first-order valence-corrected chi connectivity index (χ1v) is 7.51. The van der Waals surface area contributed by atoms with E-state index in [0.29, 0.717) is 6.61 Å². The molecule has 1 aliphatic heterocycles. The second-order valence-electron chi connectivity index (χ2n) is 5.80. The maximum absolute atomic E-state index is 12.4. The minimum absolute atomic E-state index is 0.0278. The van der Waals surface area contributed by atoms with Gasteiger partial charge in [0.25, 0.3) is 0 Å². The van der Waals surface area contributed by atoms with Gasteiger partial charge in [-0.25, -0.2) is 0 Å². The number of ether oxygens (including phenoxy) is 1. The van der Waals surface area contributed by atoms with Crippen LogP contribution in [0.15, 0.2) is 54.6 Å². The number of hydrogen-bond donors (Lipinski definition) is 0. The van der Waals surface area contributed by atoms with E-state index in [1.54, 1.807) is 0 Å². The van der Waals surface area contributed by atoms with E-state index < -0.39 is 0 Å². The molecule has 108 valence electrons. The van der Waals surface area contributed by atoms with E-state index in [1.165, 1.54) is 11.1 Å². The summed E-state index contributed by atoms with van der Waals surface area (Å²) < 4.78 is 5.49. The van der Waals surface area contributed by atoms with Gasteiger partial charge in [-0.05, 0) is 30.9 Å². The predicted octanol–water partition coefficient (Wildman–Crippen LogP) is 3.89. The smallest absolute Gasteiger partial charge is 0.168 e. The Morgan fingerprint density at radius 1 is 1.05 bits per heavy atom. The van der Waals surface area contributed by atoms with Gasteiger partial charge in [0.1, 0.15) is 0 Å². The molecule has 0 aliphatic carbocycles. The number of ketones is 1. The molecule has 1 aliphatic rings. The zero-order chi connectivity index (χ0) is 14.7. The maximum Gasteiger partial charge on any atom is 0.168 e. The lowest BCUT2D eigenvalue weighted by Crippen LogP contribution is -2.14. The molecule has 1 saturated heterocycles. The topological polar surface area (TPSA) is 26.3 Å². The molecule has 2 heteroatoms. The number of hydrogen-bond acceptors (Lipinski definition) is 2. The summed E-state index contributed by atoms with van der Waals surface area (Å²) in [6, 6.07) is 18.4. The van der Waals surface area contributed by atoms with Gasteiger partial charge in [0, 0.05) is 11.5 Å². The Kier molecular flexibility index (Phi) is 4.16. The number of carbonyl (C=O) groups is 1. The molecule has 2 atom stereocenters. The number of Topliss-reactive ketones (excluding diaryl/α,β-unsaturated/α-hetero) is 1. The van der Waals surface area contributed by atoms with Gasteiger partial charge < -0.3 is 4.74 Å². The highest BCUT2D eigenvalue weighted by atomic mass is 16.5. The first-order valence-electron chi connectivity index (χ1n) is 7.51. The Hall–Kier alpha value is -1.93. The quantitative estimate of drug-likeness (QED) is 0.794. The summed E-state index contributed by atoms with van der Waals surface area (Å²) >= 11 is 0. The molecule has 3 rings (SSSR count). The molecule has 2 aromatic carbocycles. The van der Waals surface area contributed by atoms with Crippen LogP contribution in [-0.4, -0.2) is 18.5 Å². The van der Waals surface area contributed by atoms with Crippen LogP contribution >= 0.6 is 0 Å². The highest BCUT2D eigenvalue weighted by Gasteiger charge is 2.28. The fourth-order valence-corrected chi connectivity index (χ4v) is 2.85. The molecule has 2 unspecified atom stereocenters. The van der Waals surface area contributed by atoms with Crippen LogP contribution in [0.5, 0.6) is 0 Å². The van der Waals surface area contributed by atoms with Crippen molar-refractivity contribution < 1.29 is 9.53 Å². The molecule has 0 spiro atoms. The Morgan fingerprint density at radius 2 is 1.71 bits per heavy atom. The van der Waals surface area contributed by atoms with Crippen molar-refractivity contribution in [2.24, 2.45) is 5.92 Å². The molecule has 2 nitrogen and oxygen atoms in total. The average Bonchev–Trinajstić information content (AvgIpc) is 2.95. The molecule has 0 amide bonds. The van der Waals surface area contributed by atoms with Crippen molar-refractivity contribution in [1.82, 2.24) is 0 Å². The SMILES string of the molecule is CC1CC(C(=O)c2ccc(Cc3ccccc3)cc2)CO1. The van der Waals surface area contributed by atoms with Gasteiger partial charge in [0.05, 0.1) is 12.7 Å². The second kappa shape index (κ2) is 6.23. The third-order valence-electron chi connectivity index (χ3n) is 4.06. The zero-order valence-electron chi connectivity index (χ0n) is 12.3. The molecular formula is C19H20O2. The summed E-state index contributed by atoms with van der Waals surface area (Å²) in [6.07, 6.45) is 1.94. The molecule has 21 heavy (non-hydrogen) atoms. The Labute approximate surface area is 125 Å². The third-order valence-corrected chi connectivity index (χ3v) is 4.06. The van der Waals surface area contributed by atoms with Crippen molar-refractivity contribution in [1.29, 1.82) is 0 Å². The standard InChI is InChI=1S/C19H20O2/c1-14-11-18(13-21-14)19(20)17-9-7-16(8-10-17)12-15-5-3-2-4-6-15/h2-10,14,18H,11-13H2,1H3.